The summed E-state index contributed by atoms with van der Waals surface area (Å²) in [5.74, 6) is 1.53. The first kappa shape index (κ1) is 20.7. The van der Waals surface area contributed by atoms with E-state index in [4.69, 9.17) is 4.74 Å². The highest BCUT2D eigenvalue weighted by molar-refractivity contribution is 5.97. The van der Waals surface area contributed by atoms with Crippen molar-refractivity contribution in [3.05, 3.63) is 60.2 Å². The van der Waals surface area contributed by atoms with Gasteiger partial charge in [0.05, 0.1) is 5.69 Å². The molecule has 29 heavy (non-hydrogen) atoms. The Morgan fingerprint density at radius 1 is 1.10 bits per heavy atom. The third-order valence-electron chi connectivity index (χ3n) is 5.14. The van der Waals surface area contributed by atoms with E-state index in [1.54, 1.807) is 11.9 Å². The SMILES string of the molecule is CN=C(NCCCN1C(=O)COc2ccccc21)NCC(C)(C)c1ccccc1. The van der Waals surface area contributed by atoms with Crippen LogP contribution in [-0.2, 0) is 10.2 Å². The van der Waals surface area contributed by atoms with Crippen molar-refractivity contribution in [2.45, 2.75) is 25.7 Å². The summed E-state index contributed by atoms with van der Waals surface area (Å²) in [5, 5.41) is 6.75. The smallest absolute Gasteiger partial charge is 0.265 e. The highest BCUT2D eigenvalue weighted by atomic mass is 16.5. The van der Waals surface area contributed by atoms with Gasteiger partial charge in [-0.3, -0.25) is 9.79 Å². The van der Waals surface area contributed by atoms with Crippen molar-refractivity contribution < 1.29 is 9.53 Å². The number of carbonyl (C=O) groups excluding carboxylic acids is 1. The predicted molar refractivity (Wildman–Crippen MR) is 118 cm³/mol. The second kappa shape index (κ2) is 9.45. The number of benzene rings is 2. The van der Waals surface area contributed by atoms with Crippen LogP contribution in [0.1, 0.15) is 25.8 Å². The molecule has 1 heterocycles. The molecule has 1 aliphatic heterocycles. The minimum atomic E-state index is -0.0111. The maximum atomic E-state index is 12.2. The number of nitrogens with one attached hydrogen (secondary N) is 2. The Kier molecular flexibility index (Phi) is 6.75. The highest BCUT2D eigenvalue weighted by Gasteiger charge is 2.24. The van der Waals surface area contributed by atoms with Crippen molar-refractivity contribution in [2.75, 3.05) is 38.2 Å². The van der Waals surface area contributed by atoms with Crippen LogP contribution in [-0.4, -0.2) is 45.2 Å². The van der Waals surface area contributed by atoms with E-state index < -0.39 is 0 Å². The fraction of sp³-hybridized carbons (Fsp3) is 0.391. The molecule has 0 aromatic heterocycles. The first-order valence-corrected chi connectivity index (χ1v) is 10.0. The maximum absolute atomic E-state index is 12.2. The number of nitrogens with zero attached hydrogens (tertiary/aromatic N) is 2. The molecule has 2 N–H and O–H groups in total. The lowest BCUT2D eigenvalue weighted by atomic mass is 9.85. The van der Waals surface area contributed by atoms with E-state index in [0.29, 0.717) is 6.54 Å². The van der Waals surface area contributed by atoms with E-state index in [-0.39, 0.29) is 17.9 Å². The van der Waals surface area contributed by atoms with Crippen molar-refractivity contribution in [1.29, 1.82) is 0 Å². The fourth-order valence-electron chi connectivity index (χ4n) is 3.36. The second-order valence-electron chi connectivity index (χ2n) is 7.76. The summed E-state index contributed by atoms with van der Waals surface area (Å²) < 4.78 is 5.49. The van der Waals surface area contributed by atoms with Crippen molar-refractivity contribution in [2.24, 2.45) is 4.99 Å². The van der Waals surface area contributed by atoms with E-state index >= 15 is 0 Å². The molecule has 6 heteroatoms. The number of carbonyl (C=O) groups is 1. The predicted octanol–water partition coefficient (Wildman–Crippen LogP) is 2.94. The number of guanidine groups is 1. The number of hydrogen-bond acceptors (Lipinski definition) is 3. The molecule has 154 valence electrons. The zero-order chi connectivity index (χ0) is 20.7. The summed E-state index contributed by atoms with van der Waals surface area (Å²) in [6.45, 7) is 6.65. The first-order chi connectivity index (χ1) is 14.0. The molecule has 0 radical (unpaired) electrons. The Hall–Kier alpha value is -3.02. The Morgan fingerprint density at radius 2 is 1.83 bits per heavy atom. The van der Waals surface area contributed by atoms with Crippen molar-refractivity contribution in [3.63, 3.8) is 0 Å². The van der Waals surface area contributed by atoms with E-state index in [2.05, 4.69) is 53.7 Å². The second-order valence-corrected chi connectivity index (χ2v) is 7.76. The van der Waals surface area contributed by atoms with Gasteiger partial charge in [-0.2, -0.15) is 0 Å². The minimum absolute atomic E-state index is 0.00387. The third kappa shape index (κ3) is 5.28. The Labute approximate surface area is 173 Å². The summed E-state index contributed by atoms with van der Waals surface area (Å²) in [6.07, 6.45) is 0.808. The van der Waals surface area contributed by atoms with E-state index in [9.17, 15) is 4.79 Å². The summed E-state index contributed by atoms with van der Waals surface area (Å²) in [5.41, 5.74) is 2.12. The summed E-state index contributed by atoms with van der Waals surface area (Å²) in [4.78, 5) is 18.3. The fourth-order valence-corrected chi connectivity index (χ4v) is 3.36. The van der Waals surface area contributed by atoms with Crippen LogP contribution in [0.3, 0.4) is 0 Å². The molecule has 3 rings (SSSR count). The lowest BCUT2D eigenvalue weighted by molar-refractivity contribution is -0.121. The van der Waals surface area contributed by atoms with Crippen molar-refractivity contribution >= 4 is 17.6 Å². The number of para-hydroxylation sites is 2. The molecule has 2 aromatic rings. The number of ether oxygens (including phenoxy) is 1. The molecule has 0 fully saturated rings. The van der Waals surface area contributed by atoms with Crippen molar-refractivity contribution in [1.82, 2.24) is 10.6 Å². The number of rotatable bonds is 7. The van der Waals surface area contributed by atoms with Gasteiger partial charge >= 0.3 is 0 Å². The number of amides is 1. The van der Waals surface area contributed by atoms with Gasteiger partial charge in [0, 0.05) is 32.1 Å². The summed E-state index contributed by atoms with van der Waals surface area (Å²) in [6, 6.07) is 18.1. The first-order valence-electron chi connectivity index (χ1n) is 10.0. The standard InChI is InChI=1S/C23H30N4O2/c1-23(2,18-10-5-4-6-11-18)17-26-22(24-3)25-14-9-15-27-19-12-7-8-13-20(19)29-16-21(27)28/h4-8,10-13H,9,14-17H2,1-3H3,(H2,24,25,26). The molecule has 2 aromatic carbocycles. The van der Waals surface area contributed by atoms with Gasteiger partial charge in [0.25, 0.3) is 5.91 Å². The van der Waals surface area contributed by atoms with Gasteiger partial charge in [0.1, 0.15) is 5.75 Å². The molecule has 0 aliphatic carbocycles. The van der Waals surface area contributed by atoms with Crippen molar-refractivity contribution in [3.8, 4) is 5.75 Å². The van der Waals surface area contributed by atoms with Gasteiger partial charge in [0.15, 0.2) is 12.6 Å². The van der Waals surface area contributed by atoms with Crippen LogP contribution in [0, 0.1) is 0 Å². The lowest BCUT2D eigenvalue weighted by Gasteiger charge is -2.29. The van der Waals surface area contributed by atoms with Crippen LogP contribution < -0.4 is 20.3 Å². The minimum Gasteiger partial charge on any atom is -0.482 e. The average molecular weight is 395 g/mol. The van der Waals surface area contributed by atoms with Gasteiger partial charge in [-0.15, -0.1) is 0 Å². The van der Waals surface area contributed by atoms with Crippen LogP contribution in [0.15, 0.2) is 59.6 Å². The van der Waals surface area contributed by atoms with Gasteiger partial charge in [-0.1, -0.05) is 56.3 Å². The maximum Gasteiger partial charge on any atom is 0.265 e. The molecule has 0 atom stereocenters. The van der Waals surface area contributed by atoms with E-state index in [1.165, 1.54) is 5.56 Å². The van der Waals surface area contributed by atoms with Crippen LogP contribution >= 0.6 is 0 Å². The van der Waals surface area contributed by atoms with Crippen LogP contribution in [0.2, 0.25) is 0 Å². The largest absolute Gasteiger partial charge is 0.482 e. The molecule has 0 saturated carbocycles. The van der Waals surface area contributed by atoms with Crippen LogP contribution in [0.5, 0.6) is 5.75 Å². The molecule has 0 spiro atoms. The van der Waals surface area contributed by atoms with Gasteiger partial charge in [-0.25, -0.2) is 0 Å². The highest BCUT2D eigenvalue weighted by Crippen LogP contribution is 2.31. The van der Waals surface area contributed by atoms with Crippen LogP contribution in [0.4, 0.5) is 5.69 Å². The zero-order valence-electron chi connectivity index (χ0n) is 17.4. The Balaban J connectivity index is 1.47. The average Bonchev–Trinajstić information content (AvgIpc) is 2.75. The molecule has 0 unspecified atom stereocenters. The quantitative estimate of drug-likeness (QED) is 0.431. The molecule has 1 aliphatic rings. The Bertz CT molecular complexity index is 849. The number of anilines is 1. The molecule has 6 nitrogen and oxygen atoms in total. The lowest BCUT2D eigenvalue weighted by Crippen LogP contribution is -2.44. The number of hydrogen-bond donors (Lipinski definition) is 2. The summed E-state index contributed by atoms with van der Waals surface area (Å²) >= 11 is 0. The zero-order valence-corrected chi connectivity index (χ0v) is 17.4. The normalized spacial score (nSPS) is 14.2. The Morgan fingerprint density at radius 3 is 2.59 bits per heavy atom. The van der Waals surface area contributed by atoms with Crippen LogP contribution in [0.25, 0.3) is 0 Å². The van der Waals surface area contributed by atoms with Gasteiger partial charge in [-0.05, 0) is 24.1 Å². The third-order valence-corrected chi connectivity index (χ3v) is 5.14. The molecule has 0 saturated heterocycles. The summed E-state index contributed by atoms with van der Waals surface area (Å²) in [7, 11) is 1.77. The van der Waals surface area contributed by atoms with Gasteiger partial charge < -0.3 is 20.3 Å². The van der Waals surface area contributed by atoms with E-state index in [1.807, 2.05) is 30.3 Å². The van der Waals surface area contributed by atoms with E-state index in [0.717, 1.165) is 36.9 Å². The molecule has 1 amide bonds. The van der Waals surface area contributed by atoms with Gasteiger partial charge in [0.2, 0.25) is 0 Å². The monoisotopic (exact) mass is 394 g/mol. The number of fused-ring (bicyclic) bond motifs is 1. The number of aliphatic imine (C=N–C) groups is 1. The molecular formula is C23H30N4O2. The molecule has 0 bridgehead atoms. The molecular weight excluding hydrogens is 364 g/mol. The topological polar surface area (TPSA) is 66.0 Å².